The van der Waals surface area contributed by atoms with Gasteiger partial charge >= 0.3 is 0 Å². The van der Waals surface area contributed by atoms with Crippen LogP contribution < -0.4 is 10.1 Å². The number of benzene rings is 1. The van der Waals surface area contributed by atoms with Crippen molar-refractivity contribution in [2.24, 2.45) is 5.41 Å². The lowest BCUT2D eigenvalue weighted by atomic mass is 9.92. The fourth-order valence-corrected chi connectivity index (χ4v) is 2.58. The molecule has 0 heterocycles. The van der Waals surface area contributed by atoms with Crippen LogP contribution in [0.25, 0.3) is 0 Å². The van der Waals surface area contributed by atoms with Crippen molar-refractivity contribution in [3.8, 4) is 5.75 Å². The van der Waals surface area contributed by atoms with E-state index in [4.69, 9.17) is 15.4 Å². The summed E-state index contributed by atoms with van der Waals surface area (Å²) < 4.78 is 27.9. The molecule has 0 aliphatic heterocycles. The monoisotopic (exact) mass is 333 g/mol. The highest BCUT2D eigenvalue weighted by atomic mass is 35.7. The van der Waals surface area contributed by atoms with Crippen molar-refractivity contribution in [3.05, 3.63) is 23.8 Å². The van der Waals surface area contributed by atoms with Crippen LogP contribution >= 0.6 is 10.7 Å². The topological polar surface area (TPSA) is 72.5 Å². The minimum atomic E-state index is -3.81. The molecule has 0 aromatic heterocycles. The maximum absolute atomic E-state index is 11.8. The first-order valence-electron chi connectivity index (χ1n) is 6.41. The molecule has 0 unspecified atom stereocenters. The lowest BCUT2D eigenvalue weighted by Gasteiger charge is -2.17. The average molecular weight is 334 g/mol. The SMILES string of the molecule is COc1ccc(S(=O)(=O)Cl)cc1CNC(=O)CC(C)(C)C. The zero-order valence-corrected chi connectivity index (χ0v) is 14.1. The van der Waals surface area contributed by atoms with Gasteiger partial charge in [0, 0.05) is 29.2 Å². The molecule has 0 spiro atoms. The molecule has 1 aromatic rings. The fraction of sp³-hybridized carbons (Fsp3) is 0.500. The van der Waals surface area contributed by atoms with Gasteiger partial charge in [-0.3, -0.25) is 4.79 Å². The molecule has 7 heteroatoms. The number of carbonyl (C=O) groups excluding carboxylic acids is 1. The smallest absolute Gasteiger partial charge is 0.261 e. The molecule has 21 heavy (non-hydrogen) atoms. The molecule has 0 aliphatic carbocycles. The van der Waals surface area contributed by atoms with E-state index in [2.05, 4.69) is 5.32 Å². The minimum Gasteiger partial charge on any atom is -0.496 e. The van der Waals surface area contributed by atoms with Gasteiger partial charge < -0.3 is 10.1 Å². The number of carbonyl (C=O) groups is 1. The molecule has 0 radical (unpaired) electrons. The lowest BCUT2D eigenvalue weighted by Crippen LogP contribution is -2.27. The van der Waals surface area contributed by atoms with Crippen LogP contribution in [0.2, 0.25) is 0 Å². The second-order valence-corrected chi connectivity index (χ2v) is 8.49. The highest BCUT2D eigenvalue weighted by molar-refractivity contribution is 8.13. The van der Waals surface area contributed by atoms with Crippen molar-refractivity contribution in [2.75, 3.05) is 7.11 Å². The van der Waals surface area contributed by atoms with E-state index < -0.39 is 9.05 Å². The van der Waals surface area contributed by atoms with E-state index in [-0.39, 0.29) is 22.8 Å². The van der Waals surface area contributed by atoms with Gasteiger partial charge in [-0.05, 0) is 23.6 Å². The number of nitrogens with one attached hydrogen (secondary N) is 1. The molecule has 0 atom stereocenters. The van der Waals surface area contributed by atoms with Crippen LogP contribution in [0.4, 0.5) is 0 Å². The Bertz CT molecular complexity index is 620. The van der Waals surface area contributed by atoms with E-state index in [0.29, 0.717) is 17.7 Å². The standard InChI is InChI=1S/C14H20ClNO4S/c1-14(2,3)8-13(17)16-9-10-7-11(21(15,18)19)5-6-12(10)20-4/h5-7H,8-9H2,1-4H3,(H,16,17). The van der Waals surface area contributed by atoms with Crippen molar-refractivity contribution < 1.29 is 17.9 Å². The van der Waals surface area contributed by atoms with E-state index in [1.54, 1.807) is 0 Å². The summed E-state index contributed by atoms with van der Waals surface area (Å²) in [5.41, 5.74) is 0.441. The van der Waals surface area contributed by atoms with Gasteiger partial charge in [0.05, 0.1) is 12.0 Å². The molecule has 1 aromatic carbocycles. The molecule has 1 N–H and O–H groups in total. The number of amides is 1. The Morgan fingerprint density at radius 1 is 1.33 bits per heavy atom. The quantitative estimate of drug-likeness (QED) is 0.841. The van der Waals surface area contributed by atoms with Crippen molar-refractivity contribution in [3.63, 3.8) is 0 Å². The zero-order valence-electron chi connectivity index (χ0n) is 12.6. The molecule has 1 amide bonds. The van der Waals surface area contributed by atoms with Crippen molar-refractivity contribution in [1.29, 1.82) is 0 Å². The van der Waals surface area contributed by atoms with Gasteiger partial charge in [0.15, 0.2) is 0 Å². The molecular weight excluding hydrogens is 314 g/mol. The number of hydrogen-bond donors (Lipinski definition) is 1. The van der Waals surface area contributed by atoms with Gasteiger partial charge in [-0.2, -0.15) is 0 Å². The summed E-state index contributed by atoms with van der Waals surface area (Å²) in [5, 5.41) is 2.75. The predicted molar refractivity (Wildman–Crippen MR) is 82.0 cm³/mol. The summed E-state index contributed by atoms with van der Waals surface area (Å²) in [5.74, 6) is 0.388. The minimum absolute atomic E-state index is 0.0231. The predicted octanol–water partition coefficient (Wildman–Crippen LogP) is 2.68. The second-order valence-electron chi connectivity index (χ2n) is 5.93. The zero-order chi connectivity index (χ0) is 16.3. The third kappa shape index (κ3) is 5.93. The van der Waals surface area contributed by atoms with Crippen LogP contribution in [-0.4, -0.2) is 21.4 Å². The maximum Gasteiger partial charge on any atom is 0.261 e. The van der Waals surface area contributed by atoms with Gasteiger partial charge in [-0.15, -0.1) is 0 Å². The Labute approximate surface area is 130 Å². The number of hydrogen-bond acceptors (Lipinski definition) is 4. The second kappa shape index (κ2) is 6.66. The third-order valence-electron chi connectivity index (χ3n) is 2.70. The van der Waals surface area contributed by atoms with Crippen molar-refractivity contribution >= 4 is 25.6 Å². The first kappa shape index (κ1) is 17.8. The Morgan fingerprint density at radius 3 is 2.43 bits per heavy atom. The molecule has 1 rings (SSSR count). The van der Waals surface area contributed by atoms with E-state index in [1.165, 1.54) is 25.3 Å². The molecule has 0 aliphatic rings. The summed E-state index contributed by atoms with van der Waals surface area (Å²) in [6, 6.07) is 4.28. The van der Waals surface area contributed by atoms with Gasteiger partial charge in [0.2, 0.25) is 5.91 Å². The average Bonchev–Trinajstić information content (AvgIpc) is 2.32. The lowest BCUT2D eigenvalue weighted by molar-refractivity contribution is -0.122. The van der Waals surface area contributed by atoms with Crippen LogP contribution in [0.1, 0.15) is 32.8 Å². The van der Waals surface area contributed by atoms with E-state index >= 15 is 0 Å². The highest BCUT2D eigenvalue weighted by Gasteiger charge is 2.17. The maximum atomic E-state index is 11.8. The van der Waals surface area contributed by atoms with Gasteiger partial charge in [0.25, 0.3) is 9.05 Å². The van der Waals surface area contributed by atoms with Gasteiger partial charge in [-0.25, -0.2) is 8.42 Å². The van der Waals surface area contributed by atoms with E-state index in [1.807, 2.05) is 20.8 Å². The molecule has 0 saturated carbocycles. The van der Waals surface area contributed by atoms with Crippen LogP contribution in [0.3, 0.4) is 0 Å². The van der Waals surface area contributed by atoms with Crippen molar-refractivity contribution in [1.82, 2.24) is 5.32 Å². The largest absolute Gasteiger partial charge is 0.496 e. The Hall–Kier alpha value is -1.27. The first-order chi connectivity index (χ1) is 9.53. The van der Waals surface area contributed by atoms with Crippen molar-refractivity contribution in [2.45, 2.75) is 38.6 Å². The number of halogens is 1. The Kier molecular flexibility index (Phi) is 5.64. The summed E-state index contributed by atoms with van der Waals surface area (Å²) in [4.78, 5) is 11.8. The summed E-state index contributed by atoms with van der Waals surface area (Å²) in [6.07, 6.45) is 0.378. The fourth-order valence-electron chi connectivity index (χ4n) is 1.78. The van der Waals surface area contributed by atoms with Gasteiger partial charge in [0.1, 0.15) is 5.75 Å². The van der Waals surface area contributed by atoms with Gasteiger partial charge in [-0.1, -0.05) is 20.8 Å². The van der Waals surface area contributed by atoms with Crippen LogP contribution in [0, 0.1) is 5.41 Å². The van der Waals surface area contributed by atoms with E-state index in [9.17, 15) is 13.2 Å². The number of ether oxygens (including phenoxy) is 1. The Balaban J connectivity index is 2.89. The molecule has 0 fully saturated rings. The molecule has 118 valence electrons. The van der Waals surface area contributed by atoms with E-state index in [0.717, 1.165) is 0 Å². The molecule has 0 saturated heterocycles. The number of rotatable bonds is 5. The summed E-state index contributed by atoms with van der Waals surface area (Å²) >= 11 is 0. The highest BCUT2D eigenvalue weighted by Crippen LogP contribution is 2.24. The Morgan fingerprint density at radius 2 is 1.95 bits per heavy atom. The molecular formula is C14H20ClNO4S. The van der Waals surface area contributed by atoms with Crippen LogP contribution in [0.15, 0.2) is 23.1 Å². The normalized spacial score (nSPS) is 12.0. The summed E-state index contributed by atoms with van der Waals surface area (Å²) in [6.45, 7) is 6.08. The summed E-state index contributed by atoms with van der Waals surface area (Å²) in [7, 11) is 2.98. The first-order valence-corrected chi connectivity index (χ1v) is 8.72. The van der Waals surface area contributed by atoms with Crippen LogP contribution in [-0.2, 0) is 20.4 Å². The number of methoxy groups -OCH3 is 1. The molecule has 5 nitrogen and oxygen atoms in total. The third-order valence-corrected chi connectivity index (χ3v) is 4.05. The molecule has 0 bridgehead atoms. The van der Waals surface area contributed by atoms with Crippen LogP contribution in [0.5, 0.6) is 5.75 Å².